The van der Waals surface area contributed by atoms with E-state index in [0.717, 1.165) is 24.6 Å². The highest BCUT2D eigenvalue weighted by Crippen LogP contribution is 2.16. The Bertz CT molecular complexity index is 511. The summed E-state index contributed by atoms with van der Waals surface area (Å²) in [6, 6.07) is 8.82. The molecule has 2 N–H and O–H groups in total. The van der Waals surface area contributed by atoms with E-state index in [1.54, 1.807) is 0 Å². The van der Waals surface area contributed by atoms with Crippen LogP contribution in [0.5, 0.6) is 0 Å². The summed E-state index contributed by atoms with van der Waals surface area (Å²) in [7, 11) is 0. The number of carbonyl (C=O) groups excluding carboxylic acids is 1. The minimum atomic E-state index is 0.154. The molecule has 0 spiro atoms. The summed E-state index contributed by atoms with van der Waals surface area (Å²) in [6.07, 6.45) is 3.21. The maximum atomic E-state index is 12.2. The second-order valence-corrected chi connectivity index (χ2v) is 7.61. The molecule has 1 atom stereocenters. The minimum absolute atomic E-state index is 0.154. The van der Waals surface area contributed by atoms with Crippen LogP contribution in [0.2, 0.25) is 0 Å². The van der Waals surface area contributed by atoms with Gasteiger partial charge in [0.1, 0.15) is 0 Å². The average Bonchev–Trinajstić information content (AvgIpc) is 3.08. The number of rotatable bonds is 6. The molecular weight excluding hydrogens is 306 g/mol. The first-order valence-electron chi connectivity index (χ1n) is 8.68. The molecule has 3 rings (SSSR count). The molecule has 126 valence electrons. The van der Waals surface area contributed by atoms with Crippen LogP contribution in [0.15, 0.2) is 24.3 Å². The van der Waals surface area contributed by atoms with Crippen LogP contribution in [0.25, 0.3) is 0 Å². The molecule has 1 unspecified atom stereocenters. The molecule has 5 heteroatoms. The largest absolute Gasteiger partial charge is 0.352 e. The van der Waals surface area contributed by atoms with Gasteiger partial charge in [-0.2, -0.15) is 11.8 Å². The number of carbonyl (C=O) groups is 1. The molecule has 23 heavy (non-hydrogen) atoms. The third-order valence-corrected chi connectivity index (χ3v) is 5.75. The van der Waals surface area contributed by atoms with Crippen LogP contribution in [0, 0.1) is 0 Å². The zero-order chi connectivity index (χ0) is 15.9. The zero-order valence-corrected chi connectivity index (χ0v) is 14.5. The maximum absolute atomic E-state index is 12.2. The van der Waals surface area contributed by atoms with Crippen LogP contribution in [-0.2, 0) is 17.9 Å². The zero-order valence-electron chi connectivity index (χ0n) is 13.7. The molecule has 2 saturated heterocycles. The van der Waals surface area contributed by atoms with Gasteiger partial charge in [0.2, 0.25) is 5.91 Å². The van der Waals surface area contributed by atoms with Crippen molar-refractivity contribution in [1.82, 2.24) is 15.5 Å². The fraction of sp³-hybridized carbons (Fsp3) is 0.611. The lowest BCUT2D eigenvalue weighted by Gasteiger charge is -2.22. The number of likely N-dealkylation sites (tertiary alicyclic amines) is 1. The van der Waals surface area contributed by atoms with Gasteiger partial charge in [-0.05, 0) is 37.1 Å². The van der Waals surface area contributed by atoms with Crippen LogP contribution in [0.1, 0.15) is 30.4 Å². The number of hydrogen-bond donors (Lipinski definition) is 2. The van der Waals surface area contributed by atoms with Gasteiger partial charge in [-0.3, -0.25) is 9.69 Å². The molecule has 0 bridgehead atoms. The van der Waals surface area contributed by atoms with E-state index in [2.05, 4.69) is 39.8 Å². The molecule has 2 heterocycles. The number of nitrogens with one attached hydrogen (secondary N) is 2. The molecular formula is C18H27N3OS. The van der Waals surface area contributed by atoms with Gasteiger partial charge in [0.05, 0.1) is 0 Å². The normalized spacial score (nSPS) is 22.2. The molecule has 0 aliphatic carbocycles. The average molecular weight is 334 g/mol. The number of hydrogen-bond acceptors (Lipinski definition) is 4. The van der Waals surface area contributed by atoms with Gasteiger partial charge in [-0.25, -0.2) is 0 Å². The third-order valence-electron chi connectivity index (χ3n) is 4.62. The summed E-state index contributed by atoms with van der Waals surface area (Å²) in [5.74, 6) is 2.35. The van der Waals surface area contributed by atoms with E-state index in [-0.39, 0.29) is 5.91 Å². The van der Waals surface area contributed by atoms with Crippen molar-refractivity contribution in [3.8, 4) is 0 Å². The van der Waals surface area contributed by atoms with Crippen molar-refractivity contribution < 1.29 is 4.79 Å². The Morgan fingerprint density at radius 3 is 2.78 bits per heavy atom. The smallest absolute Gasteiger partial charge is 0.221 e. The molecule has 2 aliphatic heterocycles. The van der Waals surface area contributed by atoms with Crippen molar-refractivity contribution in [2.45, 2.75) is 38.4 Å². The summed E-state index contributed by atoms with van der Waals surface area (Å²) >= 11 is 1.93. The van der Waals surface area contributed by atoms with Crippen molar-refractivity contribution in [3.05, 3.63) is 35.4 Å². The first kappa shape index (κ1) is 16.8. The number of nitrogens with zero attached hydrogens (tertiary/aromatic N) is 1. The Labute approximate surface area is 143 Å². The van der Waals surface area contributed by atoms with E-state index >= 15 is 0 Å². The number of benzene rings is 1. The van der Waals surface area contributed by atoms with Gasteiger partial charge in [-0.1, -0.05) is 24.3 Å². The predicted octanol–water partition coefficient (Wildman–Crippen LogP) is 1.99. The van der Waals surface area contributed by atoms with E-state index < -0.39 is 0 Å². The van der Waals surface area contributed by atoms with Crippen molar-refractivity contribution in [2.75, 3.05) is 31.1 Å². The van der Waals surface area contributed by atoms with Gasteiger partial charge in [-0.15, -0.1) is 0 Å². The summed E-state index contributed by atoms with van der Waals surface area (Å²) < 4.78 is 0. The fourth-order valence-corrected chi connectivity index (χ4v) is 4.26. The predicted molar refractivity (Wildman–Crippen MR) is 96.5 cm³/mol. The lowest BCUT2D eigenvalue weighted by molar-refractivity contribution is -0.121. The molecule has 2 aliphatic rings. The van der Waals surface area contributed by atoms with E-state index in [0.29, 0.717) is 19.0 Å². The highest BCUT2D eigenvalue weighted by atomic mass is 32.2. The topological polar surface area (TPSA) is 44.4 Å². The van der Waals surface area contributed by atoms with Gasteiger partial charge >= 0.3 is 0 Å². The van der Waals surface area contributed by atoms with Crippen LogP contribution in [-0.4, -0.2) is 48.0 Å². The first-order chi connectivity index (χ1) is 11.3. The maximum Gasteiger partial charge on any atom is 0.221 e. The monoisotopic (exact) mass is 333 g/mol. The van der Waals surface area contributed by atoms with Crippen molar-refractivity contribution >= 4 is 17.7 Å². The Balaban J connectivity index is 1.49. The molecule has 0 saturated carbocycles. The molecule has 0 aromatic heterocycles. The van der Waals surface area contributed by atoms with Crippen LogP contribution in [0.4, 0.5) is 0 Å². The summed E-state index contributed by atoms with van der Waals surface area (Å²) in [6.45, 7) is 5.06. The summed E-state index contributed by atoms with van der Waals surface area (Å²) in [5, 5.41) is 6.52. The van der Waals surface area contributed by atoms with Gasteiger partial charge in [0, 0.05) is 43.6 Å². The highest BCUT2D eigenvalue weighted by Gasteiger charge is 2.17. The summed E-state index contributed by atoms with van der Waals surface area (Å²) in [4.78, 5) is 14.7. The van der Waals surface area contributed by atoms with E-state index in [9.17, 15) is 4.79 Å². The lowest BCUT2D eigenvalue weighted by Crippen LogP contribution is -2.41. The SMILES string of the molecule is O=C(CC1CSCCN1)NCc1ccccc1CN1CCCC1. The molecule has 2 fully saturated rings. The highest BCUT2D eigenvalue weighted by molar-refractivity contribution is 7.99. The first-order valence-corrected chi connectivity index (χ1v) is 9.84. The Morgan fingerprint density at radius 2 is 2.04 bits per heavy atom. The second kappa shape index (κ2) is 8.71. The van der Waals surface area contributed by atoms with Gasteiger partial charge in [0.15, 0.2) is 0 Å². The lowest BCUT2D eigenvalue weighted by atomic mass is 10.1. The summed E-state index contributed by atoms with van der Waals surface area (Å²) in [5.41, 5.74) is 2.60. The number of amides is 1. The van der Waals surface area contributed by atoms with Gasteiger partial charge < -0.3 is 10.6 Å². The van der Waals surface area contributed by atoms with Crippen LogP contribution in [0.3, 0.4) is 0 Å². The standard InChI is InChI=1S/C18H27N3OS/c22-18(11-17-14-23-10-7-19-17)20-12-15-5-1-2-6-16(15)13-21-8-3-4-9-21/h1-2,5-6,17,19H,3-4,7-14H2,(H,20,22). The van der Waals surface area contributed by atoms with Crippen LogP contribution >= 0.6 is 11.8 Å². The number of thioether (sulfide) groups is 1. The Hall–Kier alpha value is -1.04. The molecule has 1 aromatic rings. The van der Waals surface area contributed by atoms with Crippen molar-refractivity contribution in [3.63, 3.8) is 0 Å². The van der Waals surface area contributed by atoms with E-state index in [4.69, 9.17) is 0 Å². The Kier molecular flexibility index (Phi) is 6.37. The van der Waals surface area contributed by atoms with Crippen molar-refractivity contribution in [2.24, 2.45) is 0 Å². The van der Waals surface area contributed by atoms with Gasteiger partial charge in [0.25, 0.3) is 0 Å². The van der Waals surface area contributed by atoms with E-state index in [1.165, 1.54) is 37.1 Å². The third kappa shape index (κ3) is 5.23. The molecule has 1 amide bonds. The van der Waals surface area contributed by atoms with Crippen molar-refractivity contribution in [1.29, 1.82) is 0 Å². The fourth-order valence-electron chi connectivity index (χ4n) is 3.31. The van der Waals surface area contributed by atoms with Crippen LogP contribution < -0.4 is 10.6 Å². The minimum Gasteiger partial charge on any atom is -0.352 e. The second-order valence-electron chi connectivity index (χ2n) is 6.46. The Morgan fingerprint density at radius 1 is 1.26 bits per heavy atom. The van der Waals surface area contributed by atoms with E-state index in [1.807, 2.05) is 11.8 Å². The molecule has 4 nitrogen and oxygen atoms in total. The quantitative estimate of drug-likeness (QED) is 0.836. The molecule has 0 radical (unpaired) electrons. The molecule has 1 aromatic carbocycles.